The molecule has 0 aliphatic heterocycles. The summed E-state index contributed by atoms with van der Waals surface area (Å²) in [7, 11) is 0. The molecule has 124 valence electrons. The Hall–Kier alpha value is -1.66. The Kier molecular flexibility index (Phi) is 5.36. The molecule has 0 N–H and O–H groups in total. The molecule has 0 amide bonds. The lowest BCUT2D eigenvalue weighted by atomic mass is 10.3. The van der Waals surface area contributed by atoms with Gasteiger partial charge in [-0.3, -0.25) is 14.1 Å². The minimum absolute atomic E-state index is 0.143. The van der Waals surface area contributed by atoms with Crippen molar-refractivity contribution in [3.8, 4) is 0 Å². The van der Waals surface area contributed by atoms with E-state index in [4.69, 9.17) is 23.2 Å². The number of hydrogen-bond donors (Lipinski definition) is 0. The fourth-order valence-electron chi connectivity index (χ4n) is 2.46. The maximum absolute atomic E-state index is 12.3. The summed E-state index contributed by atoms with van der Waals surface area (Å²) < 4.78 is 2.21. The van der Waals surface area contributed by atoms with Gasteiger partial charge in [0.1, 0.15) is 5.65 Å². The van der Waals surface area contributed by atoms with Gasteiger partial charge in [0.05, 0.1) is 15.1 Å². The van der Waals surface area contributed by atoms with Gasteiger partial charge in [-0.1, -0.05) is 29.3 Å². The second-order valence-corrected chi connectivity index (χ2v) is 7.56. The Balaban J connectivity index is 1.86. The molecule has 24 heavy (non-hydrogen) atoms. The summed E-state index contributed by atoms with van der Waals surface area (Å²) in [5.74, 6) is 0. The van der Waals surface area contributed by atoms with E-state index in [0.29, 0.717) is 29.5 Å². The van der Waals surface area contributed by atoms with Gasteiger partial charge in [-0.2, -0.15) is 0 Å². The van der Waals surface area contributed by atoms with Crippen LogP contribution in [0.15, 0.2) is 54.0 Å². The van der Waals surface area contributed by atoms with Crippen LogP contribution < -0.4 is 5.56 Å². The first kappa shape index (κ1) is 17.2. The Morgan fingerprint density at radius 3 is 2.79 bits per heavy atom. The molecular formula is C17H15Cl2N3OS. The van der Waals surface area contributed by atoms with Gasteiger partial charge in [0.2, 0.25) is 0 Å². The Morgan fingerprint density at radius 1 is 1.25 bits per heavy atom. The lowest BCUT2D eigenvalue weighted by molar-refractivity contribution is 0.285. The van der Waals surface area contributed by atoms with E-state index in [-0.39, 0.29) is 5.56 Å². The first-order chi connectivity index (χ1) is 11.5. The van der Waals surface area contributed by atoms with Crippen molar-refractivity contribution in [3.05, 3.63) is 79.5 Å². The first-order valence-corrected chi connectivity index (χ1v) is 8.88. The van der Waals surface area contributed by atoms with Crippen molar-refractivity contribution >= 4 is 40.2 Å². The lowest BCUT2D eigenvalue weighted by Crippen LogP contribution is -2.25. The predicted molar refractivity (Wildman–Crippen MR) is 100 cm³/mol. The van der Waals surface area contributed by atoms with E-state index in [0.717, 1.165) is 15.8 Å². The summed E-state index contributed by atoms with van der Waals surface area (Å²) >= 11 is 13.5. The van der Waals surface area contributed by atoms with E-state index < -0.39 is 0 Å². The summed E-state index contributed by atoms with van der Waals surface area (Å²) in [5, 5.41) is 0.502. The molecule has 0 aliphatic rings. The van der Waals surface area contributed by atoms with Crippen LogP contribution in [0.1, 0.15) is 10.6 Å². The highest BCUT2D eigenvalue weighted by Crippen LogP contribution is 2.23. The molecule has 0 aliphatic carbocycles. The van der Waals surface area contributed by atoms with Crippen molar-refractivity contribution in [2.24, 2.45) is 0 Å². The minimum atomic E-state index is -0.143. The second-order valence-electron chi connectivity index (χ2n) is 5.33. The molecule has 7 heteroatoms. The zero-order chi connectivity index (χ0) is 17.1. The van der Waals surface area contributed by atoms with Gasteiger partial charge in [-0.15, -0.1) is 17.9 Å². The van der Waals surface area contributed by atoms with Crippen LogP contribution in [0.5, 0.6) is 0 Å². The topological polar surface area (TPSA) is 37.6 Å². The third kappa shape index (κ3) is 4.05. The van der Waals surface area contributed by atoms with Gasteiger partial charge in [0.15, 0.2) is 0 Å². The molecule has 3 aromatic rings. The molecule has 0 atom stereocenters. The highest BCUT2D eigenvalue weighted by Gasteiger charge is 2.10. The Morgan fingerprint density at radius 2 is 2.08 bits per heavy atom. The average molecular weight is 380 g/mol. The number of rotatable bonds is 6. The molecule has 0 bridgehead atoms. The molecule has 0 saturated heterocycles. The summed E-state index contributed by atoms with van der Waals surface area (Å²) in [6, 6.07) is 8.90. The number of hydrogen-bond acceptors (Lipinski definition) is 4. The van der Waals surface area contributed by atoms with Gasteiger partial charge >= 0.3 is 0 Å². The molecule has 0 saturated carbocycles. The second kappa shape index (κ2) is 7.49. The van der Waals surface area contributed by atoms with Crippen LogP contribution >= 0.6 is 34.5 Å². The lowest BCUT2D eigenvalue weighted by Gasteiger charge is -2.19. The standard InChI is InChI=1S/C17H15Cl2N3OS/c1-2-7-21(11-14-4-5-15(19)24-14)10-13-8-17(23)22-9-12(18)3-6-16(22)20-13/h2-6,8-9H,1,7,10-11H2. The van der Waals surface area contributed by atoms with Crippen LogP contribution in [-0.2, 0) is 13.1 Å². The summed E-state index contributed by atoms with van der Waals surface area (Å²) in [5.41, 5.74) is 1.15. The molecule has 0 spiro atoms. The van der Waals surface area contributed by atoms with E-state index in [1.807, 2.05) is 18.2 Å². The maximum Gasteiger partial charge on any atom is 0.258 e. The van der Waals surface area contributed by atoms with Crippen molar-refractivity contribution < 1.29 is 0 Å². The summed E-state index contributed by atoms with van der Waals surface area (Å²) in [6.45, 7) is 5.77. The van der Waals surface area contributed by atoms with Crippen LogP contribution in [0.2, 0.25) is 9.36 Å². The molecule has 0 fully saturated rings. The van der Waals surface area contributed by atoms with Crippen molar-refractivity contribution in [2.75, 3.05) is 6.54 Å². The molecule has 3 aromatic heterocycles. The number of thiophene rings is 1. The highest BCUT2D eigenvalue weighted by atomic mass is 35.5. The minimum Gasteiger partial charge on any atom is -0.289 e. The molecule has 3 heterocycles. The number of pyridine rings is 1. The van der Waals surface area contributed by atoms with Crippen molar-refractivity contribution in [1.29, 1.82) is 0 Å². The van der Waals surface area contributed by atoms with Gasteiger partial charge in [0.25, 0.3) is 5.56 Å². The summed E-state index contributed by atoms with van der Waals surface area (Å²) in [6.07, 6.45) is 3.41. The fourth-order valence-corrected chi connectivity index (χ4v) is 3.75. The fraction of sp³-hybridized carbons (Fsp3) is 0.176. The smallest absolute Gasteiger partial charge is 0.258 e. The van der Waals surface area contributed by atoms with Gasteiger partial charge in [0, 0.05) is 36.8 Å². The SMILES string of the molecule is C=CCN(Cc1cc(=O)n2cc(Cl)ccc2n1)Cc1ccc(Cl)s1. The molecule has 0 radical (unpaired) electrons. The van der Waals surface area contributed by atoms with E-state index in [1.165, 1.54) is 4.40 Å². The van der Waals surface area contributed by atoms with Crippen LogP contribution in [0.4, 0.5) is 0 Å². The number of nitrogens with zero attached hydrogens (tertiary/aromatic N) is 3. The Labute approximate surface area is 153 Å². The van der Waals surface area contributed by atoms with Crippen LogP contribution in [-0.4, -0.2) is 20.8 Å². The average Bonchev–Trinajstić information content (AvgIpc) is 2.93. The Bertz CT molecular complexity index is 935. The van der Waals surface area contributed by atoms with E-state index in [9.17, 15) is 4.79 Å². The van der Waals surface area contributed by atoms with Crippen molar-refractivity contribution in [3.63, 3.8) is 0 Å². The highest BCUT2D eigenvalue weighted by molar-refractivity contribution is 7.16. The number of halogens is 2. The molecule has 3 rings (SSSR count). The normalized spacial score (nSPS) is 11.3. The van der Waals surface area contributed by atoms with Gasteiger partial charge in [-0.05, 0) is 24.3 Å². The zero-order valence-electron chi connectivity index (χ0n) is 12.8. The van der Waals surface area contributed by atoms with E-state index in [2.05, 4.69) is 16.5 Å². The van der Waals surface area contributed by atoms with E-state index in [1.54, 1.807) is 35.7 Å². The molecule has 4 nitrogen and oxygen atoms in total. The zero-order valence-corrected chi connectivity index (χ0v) is 15.1. The molecule has 0 aromatic carbocycles. The van der Waals surface area contributed by atoms with Crippen molar-refractivity contribution in [1.82, 2.24) is 14.3 Å². The third-order valence-electron chi connectivity index (χ3n) is 3.46. The quantitative estimate of drug-likeness (QED) is 0.600. The maximum atomic E-state index is 12.3. The largest absolute Gasteiger partial charge is 0.289 e. The molecule has 0 unspecified atom stereocenters. The first-order valence-electron chi connectivity index (χ1n) is 7.30. The van der Waals surface area contributed by atoms with Gasteiger partial charge in [-0.25, -0.2) is 4.98 Å². The van der Waals surface area contributed by atoms with E-state index >= 15 is 0 Å². The molecular weight excluding hydrogens is 365 g/mol. The predicted octanol–water partition coefficient (Wildman–Crippen LogP) is 4.25. The van der Waals surface area contributed by atoms with Crippen LogP contribution in [0, 0.1) is 0 Å². The monoisotopic (exact) mass is 379 g/mol. The third-order valence-corrected chi connectivity index (χ3v) is 4.90. The summed E-state index contributed by atoms with van der Waals surface area (Å²) in [4.78, 5) is 20.1. The number of aromatic nitrogens is 2. The van der Waals surface area contributed by atoms with Crippen molar-refractivity contribution in [2.45, 2.75) is 13.1 Å². The van der Waals surface area contributed by atoms with Crippen LogP contribution in [0.25, 0.3) is 5.65 Å². The number of fused-ring (bicyclic) bond motifs is 1. The van der Waals surface area contributed by atoms with Crippen LogP contribution in [0.3, 0.4) is 0 Å². The van der Waals surface area contributed by atoms with Gasteiger partial charge < -0.3 is 0 Å².